The summed E-state index contributed by atoms with van der Waals surface area (Å²) in [5, 5.41) is 3.60. The van der Waals surface area contributed by atoms with Crippen molar-refractivity contribution in [3.05, 3.63) is 29.8 Å². The van der Waals surface area contributed by atoms with Gasteiger partial charge < -0.3 is 14.8 Å². The summed E-state index contributed by atoms with van der Waals surface area (Å²) in [7, 11) is 3.52. The fourth-order valence-corrected chi connectivity index (χ4v) is 2.57. The van der Waals surface area contributed by atoms with Crippen LogP contribution in [-0.2, 0) is 11.2 Å². The molecule has 3 heteroatoms. The van der Waals surface area contributed by atoms with Crippen molar-refractivity contribution >= 4 is 0 Å². The lowest BCUT2D eigenvalue weighted by atomic mass is 9.80. The Hall–Kier alpha value is -1.06. The Morgan fingerprint density at radius 3 is 2.37 bits per heavy atom. The molecule has 1 unspecified atom stereocenters. The zero-order valence-corrected chi connectivity index (χ0v) is 12.2. The van der Waals surface area contributed by atoms with E-state index in [0.29, 0.717) is 6.04 Å². The van der Waals surface area contributed by atoms with Crippen LogP contribution < -0.4 is 10.1 Å². The van der Waals surface area contributed by atoms with Gasteiger partial charge in [0, 0.05) is 19.7 Å². The van der Waals surface area contributed by atoms with Crippen molar-refractivity contribution in [1.29, 1.82) is 0 Å². The first-order chi connectivity index (χ1) is 9.17. The number of benzene rings is 1. The minimum atomic E-state index is 0.105. The van der Waals surface area contributed by atoms with Crippen LogP contribution in [0.1, 0.15) is 31.7 Å². The predicted octanol–water partition coefficient (Wildman–Crippen LogP) is 2.78. The molecule has 0 amide bonds. The van der Waals surface area contributed by atoms with Gasteiger partial charge in [-0.05, 0) is 50.3 Å². The van der Waals surface area contributed by atoms with Gasteiger partial charge in [-0.2, -0.15) is 0 Å². The molecule has 2 rings (SSSR count). The van der Waals surface area contributed by atoms with E-state index in [1.807, 2.05) is 19.2 Å². The van der Waals surface area contributed by atoms with Crippen LogP contribution in [0.3, 0.4) is 0 Å². The second-order valence-corrected chi connectivity index (χ2v) is 5.57. The summed E-state index contributed by atoms with van der Waals surface area (Å²) < 4.78 is 10.8. The number of hydrogen-bond donors (Lipinski definition) is 1. The molecule has 0 spiro atoms. The van der Waals surface area contributed by atoms with Crippen LogP contribution in [0.5, 0.6) is 5.75 Å². The van der Waals surface area contributed by atoms with E-state index in [4.69, 9.17) is 9.47 Å². The van der Waals surface area contributed by atoms with Crippen molar-refractivity contribution < 1.29 is 9.47 Å². The van der Waals surface area contributed by atoms with E-state index in [1.165, 1.54) is 24.8 Å². The molecule has 0 heterocycles. The Labute approximate surface area is 116 Å². The highest BCUT2D eigenvalue weighted by Gasteiger charge is 2.36. The Bertz CT molecular complexity index is 379. The molecule has 0 aliphatic heterocycles. The van der Waals surface area contributed by atoms with E-state index >= 15 is 0 Å². The average molecular weight is 263 g/mol. The second kappa shape index (κ2) is 6.40. The van der Waals surface area contributed by atoms with E-state index in [2.05, 4.69) is 24.4 Å². The number of hydrogen-bond acceptors (Lipinski definition) is 3. The van der Waals surface area contributed by atoms with Gasteiger partial charge in [-0.15, -0.1) is 0 Å². The lowest BCUT2D eigenvalue weighted by molar-refractivity contribution is -0.0705. The maximum Gasteiger partial charge on any atom is 0.118 e. The van der Waals surface area contributed by atoms with Crippen LogP contribution >= 0.6 is 0 Å². The number of ether oxygens (including phenoxy) is 2. The summed E-state index contributed by atoms with van der Waals surface area (Å²) in [6, 6.07) is 8.76. The third-order valence-corrected chi connectivity index (χ3v) is 4.17. The van der Waals surface area contributed by atoms with Crippen molar-refractivity contribution in [3.63, 3.8) is 0 Å². The van der Waals surface area contributed by atoms with Crippen molar-refractivity contribution in [1.82, 2.24) is 5.32 Å². The Balaban J connectivity index is 1.78. The Morgan fingerprint density at radius 1 is 1.21 bits per heavy atom. The van der Waals surface area contributed by atoms with Crippen LogP contribution in [0.4, 0.5) is 0 Å². The first-order valence-corrected chi connectivity index (χ1v) is 7.09. The van der Waals surface area contributed by atoms with Gasteiger partial charge in [0.05, 0.1) is 12.7 Å². The van der Waals surface area contributed by atoms with Crippen LogP contribution in [0, 0.1) is 0 Å². The molecule has 19 heavy (non-hydrogen) atoms. The SMILES string of the molecule is COc1ccc(CC(C)NCC2(OC)CCC2)cc1. The quantitative estimate of drug-likeness (QED) is 0.820. The van der Waals surface area contributed by atoms with E-state index in [-0.39, 0.29) is 5.60 Å². The van der Waals surface area contributed by atoms with Gasteiger partial charge in [0.2, 0.25) is 0 Å². The molecule has 1 aromatic rings. The van der Waals surface area contributed by atoms with E-state index < -0.39 is 0 Å². The fraction of sp³-hybridized carbons (Fsp3) is 0.625. The molecular formula is C16H25NO2. The van der Waals surface area contributed by atoms with Crippen LogP contribution in [0.2, 0.25) is 0 Å². The van der Waals surface area contributed by atoms with E-state index in [1.54, 1.807) is 7.11 Å². The minimum absolute atomic E-state index is 0.105. The van der Waals surface area contributed by atoms with Crippen LogP contribution in [0.15, 0.2) is 24.3 Å². The summed E-state index contributed by atoms with van der Waals surface area (Å²) >= 11 is 0. The Morgan fingerprint density at radius 2 is 1.89 bits per heavy atom. The second-order valence-electron chi connectivity index (χ2n) is 5.57. The molecule has 1 saturated carbocycles. The number of methoxy groups -OCH3 is 2. The minimum Gasteiger partial charge on any atom is -0.497 e. The molecule has 0 saturated heterocycles. The molecule has 0 aromatic heterocycles. The van der Waals surface area contributed by atoms with E-state index in [0.717, 1.165) is 18.7 Å². The first kappa shape index (κ1) is 14.4. The predicted molar refractivity (Wildman–Crippen MR) is 77.8 cm³/mol. The van der Waals surface area contributed by atoms with Crippen molar-refractivity contribution in [2.75, 3.05) is 20.8 Å². The van der Waals surface area contributed by atoms with Gasteiger partial charge in [0.1, 0.15) is 5.75 Å². The first-order valence-electron chi connectivity index (χ1n) is 7.09. The molecule has 0 bridgehead atoms. The summed E-state index contributed by atoms with van der Waals surface area (Å²) in [6.07, 6.45) is 4.70. The van der Waals surface area contributed by atoms with Crippen LogP contribution in [-0.4, -0.2) is 32.4 Å². The zero-order chi connectivity index (χ0) is 13.7. The zero-order valence-electron chi connectivity index (χ0n) is 12.2. The highest BCUT2D eigenvalue weighted by Crippen LogP contribution is 2.34. The van der Waals surface area contributed by atoms with Crippen LogP contribution in [0.25, 0.3) is 0 Å². The van der Waals surface area contributed by atoms with Crippen molar-refractivity contribution in [2.24, 2.45) is 0 Å². The smallest absolute Gasteiger partial charge is 0.118 e. The summed E-state index contributed by atoms with van der Waals surface area (Å²) in [5.74, 6) is 0.914. The molecule has 1 aliphatic rings. The van der Waals surface area contributed by atoms with E-state index in [9.17, 15) is 0 Å². The summed E-state index contributed by atoms with van der Waals surface area (Å²) in [4.78, 5) is 0. The third kappa shape index (κ3) is 3.71. The highest BCUT2D eigenvalue weighted by molar-refractivity contribution is 5.27. The van der Waals surface area contributed by atoms with Crippen molar-refractivity contribution in [3.8, 4) is 5.75 Å². The van der Waals surface area contributed by atoms with Crippen molar-refractivity contribution in [2.45, 2.75) is 44.2 Å². The number of nitrogens with one attached hydrogen (secondary N) is 1. The largest absolute Gasteiger partial charge is 0.497 e. The summed E-state index contributed by atoms with van der Waals surface area (Å²) in [6.45, 7) is 3.19. The van der Waals surface area contributed by atoms with Gasteiger partial charge >= 0.3 is 0 Å². The molecule has 1 N–H and O–H groups in total. The molecular weight excluding hydrogens is 238 g/mol. The Kier molecular flexibility index (Phi) is 4.83. The molecule has 3 nitrogen and oxygen atoms in total. The molecule has 106 valence electrons. The fourth-order valence-electron chi connectivity index (χ4n) is 2.57. The lowest BCUT2D eigenvalue weighted by Crippen LogP contribution is -2.50. The molecule has 1 aromatic carbocycles. The topological polar surface area (TPSA) is 30.5 Å². The van der Waals surface area contributed by atoms with Gasteiger partial charge in [-0.3, -0.25) is 0 Å². The molecule has 1 fully saturated rings. The maximum absolute atomic E-state index is 5.63. The van der Waals surface area contributed by atoms with Gasteiger partial charge in [-0.25, -0.2) is 0 Å². The number of rotatable bonds is 7. The monoisotopic (exact) mass is 263 g/mol. The van der Waals surface area contributed by atoms with Gasteiger partial charge in [0.15, 0.2) is 0 Å². The normalized spacial score (nSPS) is 18.7. The standard InChI is InChI=1S/C16H25NO2/c1-13(17-12-16(19-3)9-4-10-16)11-14-5-7-15(18-2)8-6-14/h5-8,13,17H,4,9-12H2,1-3H3. The average Bonchev–Trinajstić information content (AvgIpc) is 2.39. The molecule has 0 radical (unpaired) electrons. The summed E-state index contributed by atoms with van der Waals surface area (Å²) in [5.41, 5.74) is 1.44. The van der Waals surface area contributed by atoms with Gasteiger partial charge in [0.25, 0.3) is 0 Å². The highest BCUT2D eigenvalue weighted by atomic mass is 16.5. The molecule has 1 atom stereocenters. The van der Waals surface area contributed by atoms with Gasteiger partial charge in [-0.1, -0.05) is 12.1 Å². The third-order valence-electron chi connectivity index (χ3n) is 4.17. The maximum atomic E-state index is 5.63. The lowest BCUT2D eigenvalue weighted by Gasteiger charge is -2.41. The molecule has 1 aliphatic carbocycles.